The molecular formula is C17H16N2O4. The molecule has 0 saturated heterocycles. The van der Waals surface area contributed by atoms with E-state index in [0.29, 0.717) is 11.3 Å². The molecule has 0 radical (unpaired) electrons. The lowest BCUT2D eigenvalue weighted by Gasteiger charge is -2.17. The Morgan fingerprint density at radius 3 is 2.57 bits per heavy atom. The number of carbonyl (C=O) groups is 2. The zero-order valence-corrected chi connectivity index (χ0v) is 12.8. The molecule has 0 bridgehead atoms. The highest BCUT2D eigenvalue weighted by Crippen LogP contribution is 2.29. The molecule has 6 heteroatoms. The number of furan rings is 1. The summed E-state index contributed by atoms with van der Waals surface area (Å²) in [4.78, 5) is 24.7. The van der Waals surface area contributed by atoms with Crippen molar-refractivity contribution in [3.63, 3.8) is 0 Å². The van der Waals surface area contributed by atoms with Crippen LogP contribution in [0.4, 0.5) is 0 Å². The standard InChI is InChI=1S/C17H16N2O4/c1-10-5-7-11(8-6-10)16(20)14-13(12-4-3-9-23-12)15(19-18-14)17(21)22-2/h3-9,13-14,18H,1-2H3. The van der Waals surface area contributed by atoms with Gasteiger partial charge in [0, 0.05) is 5.56 Å². The first-order chi connectivity index (χ1) is 11.1. The fourth-order valence-corrected chi connectivity index (χ4v) is 2.59. The van der Waals surface area contributed by atoms with Crippen LogP contribution < -0.4 is 5.43 Å². The molecule has 0 amide bonds. The second-order valence-electron chi connectivity index (χ2n) is 5.32. The number of aryl methyl sites for hydroxylation is 1. The number of nitrogens with one attached hydrogen (secondary N) is 1. The molecule has 1 aromatic carbocycles. The summed E-state index contributed by atoms with van der Waals surface area (Å²) in [6.07, 6.45) is 1.50. The van der Waals surface area contributed by atoms with Gasteiger partial charge in [-0.25, -0.2) is 4.79 Å². The highest BCUT2D eigenvalue weighted by atomic mass is 16.5. The Morgan fingerprint density at radius 2 is 1.96 bits per heavy atom. The average Bonchev–Trinajstić information content (AvgIpc) is 3.23. The number of hydrogen-bond acceptors (Lipinski definition) is 6. The first-order valence-corrected chi connectivity index (χ1v) is 7.17. The third kappa shape index (κ3) is 2.75. The first-order valence-electron chi connectivity index (χ1n) is 7.17. The Labute approximate surface area is 133 Å². The van der Waals surface area contributed by atoms with E-state index in [2.05, 4.69) is 10.5 Å². The summed E-state index contributed by atoms with van der Waals surface area (Å²) in [6, 6.07) is 9.96. The summed E-state index contributed by atoms with van der Waals surface area (Å²) in [5.41, 5.74) is 4.50. The molecule has 0 fully saturated rings. The number of rotatable bonds is 4. The van der Waals surface area contributed by atoms with Gasteiger partial charge in [-0.05, 0) is 19.1 Å². The zero-order valence-electron chi connectivity index (χ0n) is 12.8. The maximum atomic E-state index is 12.8. The Balaban J connectivity index is 1.94. The molecule has 2 heterocycles. The molecule has 1 N–H and O–H groups in total. The van der Waals surface area contributed by atoms with Crippen LogP contribution in [-0.4, -0.2) is 30.6 Å². The summed E-state index contributed by atoms with van der Waals surface area (Å²) in [7, 11) is 1.28. The number of methoxy groups -OCH3 is 1. The summed E-state index contributed by atoms with van der Waals surface area (Å²) >= 11 is 0. The molecule has 0 saturated carbocycles. The second-order valence-corrected chi connectivity index (χ2v) is 5.32. The average molecular weight is 312 g/mol. The van der Waals surface area contributed by atoms with E-state index in [1.54, 1.807) is 24.3 Å². The maximum absolute atomic E-state index is 12.8. The van der Waals surface area contributed by atoms with Gasteiger partial charge in [0.05, 0.1) is 19.3 Å². The number of benzene rings is 1. The van der Waals surface area contributed by atoms with Crippen molar-refractivity contribution in [2.45, 2.75) is 18.9 Å². The SMILES string of the molecule is COC(=O)C1=NNC(C(=O)c2ccc(C)cc2)C1c1ccco1. The van der Waals surface area contributed by atoms with Crippen LogP contribution >= 0.6 is 0 Å². The van der Waals surface area contributed by atoms with E-state index >= 15 is 0 Å². The van der Waals surface area contributed by atoms with Gasteiger partial charge in [0.2, 0.25) is 0 Å². The highest BCUT2D eigenvalue weighted by molar-refractivity contribution is 6.40. The molecule has 0 spiro atoms. The maximum Gasteiger partial charge on any atom is 0.355 e. The van der Waals surface area contributed by atoms with Gasteiger partial charge in [0.25, 0.3) is 0 Å². The highest BCUT2D eigenvalue weighted by Gasteiger charge is 2.43. The van der Waals surface area contributed by atoms with Gasteiger partial charge in [0.1, 0.15) is 11.8 Å². The normalized spacial score (nSPS) is 19.8. The van der Waals surface area contributed by atoms with Crippen LogP contribution in [0.5, 0.6) is 0 Å². The van der Waals surface area contributed by atoms with Crippen LogP contribution in [-0.2, 0) is 9.53 Å². The fourth-order valence-electron chi connectivity index (χ4n) is 2.59. The number of hydrogen-bond donors (Lipinski definition) is 1. The zero-order chi connectivity index (χ0) is 16.4. The lowest BCUT2D eigenvalue weighted by Crippen LogP contribution is -2.37. The molecule has 2 unspecified atom stereocenters. The Hall–Kier alpha value is -2.89. The number of esters is 1. The number of Topliss-reactive ketones (excluding diaryl/α,β-unsaturated/α-hetero) is 1. The lowest BCUT2D eigenvalue weighted by atomic mass is 9.88. The number of carbonyl (C=O) groups excluding carboxylic acids is 2. The van der Waals surface area contributed by atoms with E-state index in [0.717, 1.165) is 5.56 Å². The van der Waals surface area contributed by atoms with Crippen molar-refractivity contribution in [2.24, 2.45) is 5.10 Å². The van der Waals surface area contributed by atoms with Crippen molar-refractivity contribution in [1.82, 2.24) is 5.43 Å². The predicted molar refractivity (Wildman–Crippen MR) is 83.3 cm³/mol. The van der Waals surface area contributed by atoms with Crippen molar-refractivity contribution in [1.29, 1.82) is 0 Å². The minimum absolute atomic E-state index is 0.132. The van der Waals surface area contributed by atoms with Crippen LogP contribution in [0.25, 0.3) is 0 Å². The molecule has 23 heavy (non-hydrogen) atoms. The topological polar surface area (TPSA) is 80.9 Å². The molecule has 2 aromatic rings. The van der Waals surface area contributed by atoms with E-state index in [4.69, 9.17) is 9.15 Å². The second kappa shape index (κ2) is 6.08. The molecule has 118 valence electrons. The van der Waals surface area contributed by atoms with Gasteiger partial charge < -0.3 is 9.15 Å². The van der Waals surface area contributed by atoms with Crippen molar-refractivity contribution >= 4 is 17.5 Å². The third-order valence-corrected chi connectivity index (χ3v) is 3.81. The largest absolute Gasteiger partial charge is 0.469 e. The third-order valence-electron chi connectivity index (χ3n) is 3.81. The summed E-state index contributed by atoms with van der Waals surface area (Å²) in [5, 5.41) is 4.00. The van der Waals surface area contributed by atoms with Gasteiger partial charge in [-0.1, -0.05) is 29.8 Å². The molecule has 1 aliphatic rings. The van der Waals surface area contributed by atoms with E-state index < -0.39 is 17.9 Å². The summed E-state index contributed by atoms with van der Waals surface area (Å²) in [5.74, 6) is -0.872. The molecule has 3 rings (SSSR count). The fraction of sp³-hybridized carbons (Fsp3) is 0.235. The van der Waals surface area contributed by atoms with Crippen LogP contribution in [0, 0.1) is 6.92 Å². The monoisotopic (exact) mass is 312 g/mol. The van der Waals surface area contributed by atoms with Crippen molar-refractivity contribution in [3.05, 3.63) is 59.5 Å². The number of hydrazone groups is 1. The molecule has 1 aromatic heterocycles. The van der Waals surface area contributed by atoms with Gasteiger partial charge >= 0.3 is 5.97 Å². The van der Waals surface area contributed by atoms with E-state index in [1.807, 2.05) is 19.1 Å². The molecule has 2 atom stereocenters. The van der Waals surface area contributed by atoms with Gasteiger partial charge in [-0.2, -0.15) is 5.10 Å². The molecule has 1 aliphatic heterocycles. The van der Waals surface area contributed by atoms with Crippen LogP contribution in [0.15, 0.2) is 52.2 Å². The van der Waals surface area contributed by atoms with Gasteiger partial charge in [0.15, 0.2) is 11.5 Å². The minimum Gasteiger partial charge on any atom is -0.469 e. The minimum atomic E-state index is -0.710. The Morgan fingerprint density at radius 1 is 1.22 bits per heavy atom. The lowest BCUT2D eigenvalue weighted by molar-refractivity contribution is -0.132. The number of ketones is 1. The van der Waals surface area contributed by atoms with Crippen molar-refractivity contribution < 1.29 is 18.7 Å². The van der Waals surface area contributed by atoms with Crippen LogP contribution in [0.2, 0.25) is 0 Å². The van der Waals surface area contributed by atoms with Crippen LogP contribution in [0.3, 0.4) is 0 Å². The summed E-state index contributed by atoms with van der Waals surface area (Å²) < 4.78 is 10.1. The van der Waals surface area contributed by atoms with E-state index in [9.17, 15) is 9.59 Å². The predicted octanol–water partition coefficient (Wildman–Crippen LogP) is 2.06. The number of nitrogens with zero attached hydrogens (tertiary/aromatic N) is 1. The molecule has 0 aliphatic carbocycles. The van der Waals surface area contributed by atoms with Crippen LogP contribution in [0.1, 0.15) is 27.6 Å². The van der Waals surface area contributed by atoms with E-state index in [-0.39, 0.29) is 11.5 Å². The Kier molecular flexibility index (Phi) is 3.97. The first kappa shape index (κ1) is 15.0. The molecular weight excluding hydrogens is 296 g/mol. The smallest absolute Gasteiger partial charge is 0.355 e. The Bertz CT molecular complexity index is 747. The van der Waals surface area contributed by atoms with Gasteiger partial charge in [-0.3, -0.25) is 10.2 Å². The molecule has 6 nitrogen and oxygen atoms in total. The number of ether oxygens (including phenoxy) is 1. The van der Waals surface area contributed by atoms with Crippen molar-refractivity contribution in [3.8, 4) is 0 Å². The quantitative estimate of drug-likeness (QED) is 0.690. The van der Waals surface area contributed by atoms with Crippen molar-refractivity contribution in [2.75, 3.05) is 7.11 Å². The van der Waals surface area contributed by atoms with E-state index in [1.165, 1.54) is 13.4 Å². The summed E-state index contributed by atoms with van der Waals surface area (Å²) in [6.45, 7) is 1.95. The van der Waals surface area contributed by atoms with Gasteiger partial charge in [-0.15, -0.1) is 0 Å².